The summed E-state index contributed by atoms with van der Waals surface area (Å²) in [5, 5.41) is 3.57. The average molecular weight is 141 g/mol. The van der Waals surface area contributed by atoms with Crippen molar-refractivity contribution in [2.45, 2.75) is 45.6 Å². The first-order valence-electron chi connectivity index (χ1n) is 4.58. The van der Waals surface area contributed by atoms with E-state index in [9.17, 15) is 0 Å². The molecule has 0 aromatic heterocycles. The van der Waals surface area contributed by atoms with E-state index >= 15 is 0 Å². The molecule has 0 saturated carbocycles. The third-order valence-corrected chi connectivity index (χ3v) is 2.53. The number of rotatable bonds is 2. The molecule has 1 aliphatic heterocycles. The molecule has 1 rings (SSSR count). The Morgan fingerprint density at radius 2 is 2.30 bits per heavy atom. The summed E-state index contributed by atoms with van der Waals surface area (Å²) in [5.41, 5.74) is 0. The summed E-state index contributed by atoms with van der Waals surface area (Å²) in [5.74, 6) is 0.911. The van der Waals surface area contributed by atoms with Gasteiger partial charge in [-0.2, -0.15) is 0 Å². The summed E-state index contributed by atoms with van der Waals surface area (Å²) in [4.78, 5) is 0. The molecule has 10 heavy (non-hydrogen) atoms. The summed E-state index contributed by atoms with van der Waals surface area (Å²) >= 11 is 0. The average Bonchev–Trinajstić information content (AvgIpc) is 1.94. The van der Waals surface area contributed by atoms with Crippen LogP contribution in [-0.4, -0.2) is 12.6 Å². The summed E-state index contributed by atoms with van der Waals surface area (Å²) in [6, 6.07) is 0.818. The largest absolute Gasteiger partial charge is 0.314 e. The number of hydrogen-bond donors (Lipinski definition) is 1. The molecule has 0 unspecified atom stereocenters. The molecule has 0 aromatic rings. The Morgan fingerprint density at radius 1 is 1.50 bits per heavy atom. The van der Waals surface area contributed by atoms with Crippen LogP contribution in [0.3, 0.4) is 0 Å². The van der Waals surface area contributed by atoms with Crippen LogP contribution in [0.2, 0.25) is 0 Å². The maximum absolute atomic E-state index is 3.57. The summed E-state index contributed by atoms with van der Waals surface area (Å²) in [6.07, 6.45) is 5.49. The molecule has 0 aliphatic carbocycles. The first-order chi connectivity index (χ1) is 4.84. The molecular weight excluding hydrogens is 122 g/mol. The van der Waals surface area contributed by atoms with Gasteiger partial charge in [-0.15, -0.1) is 0 Å². The minimum Gasteiger partial charge on any atom is -0.314 e. The second-order valence-electron chi connectivity index (χ2n) is 3.47. The van der Waals surface area contributed by atoms with Crippen molar-refractivity contribution < 1.29 is 0 Å². The highest BCUT2D eigenvalue weighted by Gasteiger charge is 2.18. The Morgan fingerprint density at radius 3 is 2.90 bits per heavy atom. The predicted octanol–water partition coefficient (Wildman–Crippen LogP) is 2.17. The topological polar surface area (TPSA) is 12.0 Å². The van der Waals surface area contributed by atoms with Gasteiger partial charge in [0.1, 0.15) is 0 Å². The highest BCUT2D eigenvalue weighted by molar-refractivity contribution is 4.77. The molecule has 1 nitrogen and oxygen atoms in total. The van der Waals surface area contributed by atoms with Crippen molar-refractivity contribution in [2.24, 2.45) is 5.92 Å². The van der Waals surface area contributed by atoms with Crippen LogP contribution >= 0.6 is 0 Å². The number of nitrogens with one attached hydrogen (secondary N) is 1. The van der Waals surface area contributed by atoms with Gasteiger partial charge in [-0.3, -0.25) is 0 Å². The molecule has 1 N–H and O–H groups in total. The molecular formula is C9H19N. The molecule has 1 heterocycles. The van der Waals surface area contributed by atoms with Gasteiger partial charge in [0, 0.05) is 6.04 Å². The quantitative estimate of drug-likeness (QED) is 0.621. The normalized spacial score (nSPS) is 34.2. The zero-order chi connectivity index (χ0) is 7.40. The van der Waals surface area contributed by atoms with Crippen molar-refractivity contribution in [3.05, 3.63) is 0 Å². The van der Waals surface area contributed by atoms with Crippen LogP contribution in [0.4, 0.5) is 0 Å². The minimum absolute atomic E-state index is 0.818. The monoisotopic (exact) mass is 141 g/mol. The fourth-order valence-electron chi connectivity index (χ4n) is 1.81. The molecule has 0 aromatic carbocycles. The summed E-state index contributed by atoms with van der Waals surface area (Å²) in [7, 11) is 0. The Hall–Kier alpha value is -0.0400. The lowest BCUT2D eigenvalue weighted by Crippen LogP contribution is -2.39. The molecule has 0 bridgehead atoms. The lowest BCUT2D eigenvalue weighted by atomic mass is 9.90. The molecule has 0 spiro atoms. The lowest BCUT2D eigenvalue weighted by molar-refractivity contribution is 0.285. The predicted molar refractivity (Wildman–Crippen MR) is 45.1 cm³/mol. The first kappa shape index (κ1) is 8.06. The zero-order valence-corrected chi connectivity index (χ0v) is 7.19. The summed E-state index contributed by atoms with van der Waals surface area (Å²) in [6.45, 7) is 5.88. The highest BCUT2D eigenvalue weighted by Crippen LogP contribution is 2.18. The van der Waals surface area contributed by atoms with Crippen molar-refractivity contribution in [1.29, 1.82) is 0 Å². The van der Waals surface area contributed by atoms with Crippen LogP contribution < -0.4 is 5.32 Å². The van der Waals surface area contributed by atoms with Crippen molar-refractivity contribution in [1.82, 2.24) is 5.32 Å². The molecule has 1 aliphatic rings. The van der Waals surface area contributed by atoms with E-state index in [4.69, 9.17) is 0 Å². The number of piperidine rings is 1. The van der Waals surface area contributed by atoms with Crippen LogP contribution in [0, 0.1) is 5.92 Å². The minimum atomic E-state index is 0.818. The zero-order valence-electron chi connectivity index (χ0n) is 7.19. The smallest absolute Gasteiger partial charge is 0.00925 e. The van der Waals surface area contributed by atoms with Crippen LogP contribution in [0.15, 0.2) is 0 Å². The van der Waals surface area contributed by atoms with Crippen LogP contribution in [0.5, 0.6) is 0 Å². The molecule has 0 amide bonds. The molecule has 1 heteroatoms. The Bertz CT molecular complexity index is 88.7. The Labute approximate surface area is 64.2 Å². The van der Waals surface area contributed by atoms with Gasteiger partial charge in [-0.05, 0) is 31.7 Å². The highest BCUT2D eigenvalue weighted by atomic mass is 14.9. The van der Waals surface area contributed by atoms with Gasteiger partial charge in [0.2, 0.25) is 0 Å². The van der Waals surface area contributed by atoms with Gasteiger partial charge < -0.3 is 5.32 Å². The lowest BCUT2D eigenvalue weighted by Gasteiger charge is -2.29. The fourth-order valence-corrected chi connectivity index (χ4v) is 1.81. The van der Waals surface area contributed by atoms with Gasteiger partial charge in [0.15, 0.2) is 0 Å². The second kappa shape index (κ2) is 3.97. The fraction of sp³-hybridized carbons (Fsp3) is 1.00. The van der Waals surface area contributed by atoms with Crippen molar-refractivity contribution in [3.8, 4) is 0 Å². The van der Waals surface area contributed by atoms with Gasteiger partial charge >= 0.3 is 0 Å². The standard InChI is InChI=1S/C9H19N/c1-3-5-9-8(2)6-4-7-10-9/h8-10H,3-7H2,1-2H3/t8-,9-/m1/s1. The van der Waals surface area contributed by atoms with E-state index in [1.54, 1.807) is 0 Å². The van der Waals surface area contributed by atoms with Gasteiger partial charge in [-0.25, -0.2) is 0 Å². The first-order valence-corrected chi connectivity index (χ1v) is 4.58. The third-order valence-electron chi connectivity index (χ3n) is 2.53. The van der Waals surface area contributed by atoms with Crippen molar-refractivity contribution in [2.75, 3.05) is 6.54 Å². The van der Waals surface area contributed by atoms with E-state index in [0.717, 1.165) is 12.0 Å². The SMILES string of the molecule is CCC[C@H]1NCCC[C@H]1C. The van der Waals surface area contributed by atoms with E-state index in [1.165, 1.54) is 32.2 Å². The van der Waals surface area contributed by atoms with E-state index < -0.39 is 0 Å². The number of hydrogen-bond acceptors (Lipinski definition) is 1. The summed E-state index contributed by atoms with van der Waals surface area (Å²) < 4.78 is 0. The van der Waals surface area contributed by atoms with Crippen molar-refractivity contribution >= 4 is 0 Å². The van der Waals surface area contributed by atoms with Gasteiger partial charge in [0.05, 0.1) is 0 Å². The van der Waals surface area contributed by atoms with Crippen LogP contribution in [0.1, 0.15) is 39.5 Å². The molecule has 1 fully saturated rings. The van der Waals surface area contributed by atoms with E-state index in [1.807, 2.05) is 0 Å². The van der Waals surface area contributed by atoms with Gasteiger partial charge in [0.25, 0.3) is 0 Å². The second-order valence-corrected chi connectivity index (χ2v) is 3.47. The molecule has 60 valence electrons. The Kier molecular flexibility index (Phi) is 3.20. The maximum atomic E-state index is 3.57. The third kappa shape index (κ3) is 1.98. The Balaban J connectivity index is 2.25. The van der Waals surface area contributed by atoms with Crippen LogP contribution in [-0.2, 0) is 0 Å². The molecule has 1 saturated heterocycles. The van der Waals surface area contributed by atoms with Crippen LogP contribution in [0.25, 0.3) is 0 Å². The van der Waals surface area contributed by atoms with E-state index in [0.29, 0.717) is 0 Å². The molecule has 2 atom stereocenters. The molecule has 0 radical (unpaired) electrons. The van der Waals surface area contributed by atoms with E-state index in [-0.39, 0.29) is 0 Å². The van der Waals surface area contributed by atoms with Crippen molar-refractivity contribution in [3.63, 3.8) is 0 Å². The van der Waals surface area contributed by atoms with Gasteiger partial charge in [-0.1, -0.05) is 20.3 Å². The maximum Gasteiger partial charge on any atom is 0.00925 e. The van der Waals surface area contributed by atoms with E-state index in [2.05, 4.69) is 19.2 Å².